The zero-order valence-corrected chi connectivity index (χ0v) is 21.5. The Labute approximate surface area is 211 Å². The molecular weight excluding hydrogens is 474 g/mol. The average Bonchev–Trinajstić information content (AvgIpc) is 3.24. The van der Waals surface area contributed by atoms with Crippen LogP contribution in [0.2, 0.25) is 0 Å². The summed E-state index contributed by atoms with van der Waals surface area (Å²) in [6.07, 6.45) is 1.73. The molecule has 0 N–H and O–H groups in total. The molecule has 35 heavy (non-hydrogen) atoms. The van der Waals surface area contributed by atoms with E-state index in [9.17, 15) is 9.59 Å². The molecule has 0 aliphatic carbocycles. The number of thiophene rings is 1. The molecule has 0 saturated heterocycles. The van der Waals surface area contributed by atoms with Crippen LogP contribution in [-0.2, 0) is 6.54 Å². The third kappa shape index (κ3) is 4.66. The molecule has 0 amide bonds. The van der Waals surface area contributed by atoms with E-state index in [2.05, 4.69) is 24.0 Å². The zero-order chi connectivity index (χ0) is 24.5. The monoisotopic (exact) mass is 499 g/mol. The van der Waals surface area contributed by atoms with Crippen LogP contribution in [0.3, 0.4) is 0 Å². The maximum absolute atomic E-state index is 13.7. The van der Waals surface area contributed by atoms with Crippen LogP contribution in [0.4, 0.5) is 0 Å². The molecule has 0 aliphatic heterocycles. The van der Waals surface area contributed by atoms with Crippen LogP contribution in [0.25, 0.3) is 20.4 Å². The van der Waals surface area contributed by atoms with E-state index in [0.717, 1.165) is 26.9 Å². The largest absolute Gasteiger partial charge is 0.293 e. The molecule has 0 saturated carbocycles. The van der Waals surface area contributed by atoms with Gasteiger partial charge in [-0.2, -0.15) is 0 Å². The third-order valence-corrected chi connectivity index (χ3v) is 8.22. The van der Waals surface area contributed by atoms with Gasteiger partial charge in [-0.1, -0.05) is 72.8 Å². The van der Waals surface area contributed by atoms with E-state index in [4.69, 9.17) is 4.98 Å². The summed E-state index contributed by atoms with van der Waals surface area (Å²) in [5.74, 6) is 0.346. The Morgan fingerprint density at radius 3 is 2.66 bits per heavy atom. The Bertz CT molecular complexity index is 1610. The van der Waals surface area contributed by atoms with Gasteiger partial charge in [0, 0.05) is 23.7 Å². The number of aromatic nitrogens is 3. The number of ketones is 1. The maximum Gasteiger partial charge on any atom is 0.272 e. The molecule has 0 bridgehead atoms. The number of hydrogen-bond acceptors (Lipinski definition) is 6. The standard InChI is InChI=1S/C28H25N3O2S2/c1-17-11-12-21(18(2)14-17)23(32)16-34-28-30-24-22-10-7-13-29-26(22)35-25(24)27(33)31(28)15-19(3)20-8-5-4-6-9-20/h4-14,19H,15-16H2,1-3H3/t19-/m0/s1. The Hall–Kier alpha value is -3.29. The van der Waals surface area contributed by atoms with Crippen LogP contribution in [0.5, 0.6) is 0 Å². The molecule has 5 rings (SSSR count). The number of carbonyl (C=O) groups is 1. The quantitative estimate of drug-likeness (QED) is 0.147. The second-order valence-corrected chi connectivity index (χ2v) is 10.7. The van der Waals surface area contributed by atoms with Crippen molar-refractivity contribution in [1.29, 1.82) is 0 Å². The average molecular weight is 500 g/mol. The second kappa shape index (κ2) is 9.76. The number of carbonyl (C=O) groups excluding carboxylic acids is 1. The van der Waals surface area contributed by atoms with Crippen LogP contribution in [0.15, 0.2) is 76.8 Å². The van der Waals surface area contributed by atoms with Crippen molar-refractivity contribution in [3.8, 4) is 0 Å². The van der Waals surface area contributed by atoms with Gasteiger partial charge in [-0.15, -0.1) is 11.3 Å². The highest BCUT2D eigenvalue weighted by Gasteiger charge is 2.20. The summed E-state index contributed by atoms with van der Waals surface area (Å²) >= 11 is 2.70. The van der Waals surface area contributed by atoms with E-state index in [1.165, 1.54) is 23.1 Å². The highest BCUT2D eigenvalue weighted by atomic mass is 32.2. The smallest absolute Gasteiger partial charge is 0.272 e. The van der Waals surface area contributed by atoms with E-state index < -0.39 is 0 Å². The first-order valence-electron chi connectivity index (χ1n) is 11.5. The Kier molecular flexibility index (Phi) is 6.54. The van der Waals surface area contributed by atoms with Gasteiger partial charge in [-0.3, -0.25) is 14.2 Å². The molecule has 0 radical (unpaired) electrons. The molecular formula is C28H25N3O2S2. The summed E-state index contributed by atoms with van der Waals surface area (Å²) in [6, 6.07) is 19.8. The summed E-state index contributed by atoms with van der Waals surface area (Å²) in [4.78, 5) is 36.9. The van der Waals surface area contributed by atoms with E-state index in [0.29, 0.717) is 27.5 Å². The number of aryl methyl sites for hydroxylation is 2. The number of nitrogens with zero attached hydrogens (tertiary/aromatic N) is 3. The Morgan fingerprint density at radius 1 is 1.09 bits per heavy atom. The first-order valence-corrected chi connectivity index (χ1v) is 13.3. The zero-order valence-electron chi connectivity index (χ0n) is 19.8. The number of Topliss-reactive ketones (excluding diaryl/α,β-unsaturated/α-hetero) is 1. The van der Waals surface area contributed by atoms with Crippen molar-refractivity contribution in [2.75, 3.05) is 5.75 Å². The van der Waals surface area contributed by atoms with Gasteiger partial charge in [-0.05, 0) is 43.0 Å². The van der Waals surface area contributed by atoms with Gasteiger partial charge >= 0.3 is 0 Å². The van der Waals surface area contributed by atoms with Gasteiger partial charge in [0.25, 0.3) is 5.56 Å². The molecule has 176 valence electrons. The van der Waals surface area contributed by atoms with Gasteiger partial charge in [0.2, 0.25) is 0 Å². The van der Waals surface area contributed by atoms with Crippen molar-refractivity contribution in [3.05, 3.63) is 99.5 Å². The van der Waals surface area contributed by atoms with Gasteiger partial charge in [0.05, 0.1) is 11.3 Å². The van der Waals surface area contributed by atoms with Crippen molar-refractivity contribution in [3.63, 3.8) is 0 Å². The molecule has 1 atom stereocenters. The van der Waals surface area contributed by atoms with Crippen molar-refractivity contribution in [2.24, 2.45) is 0 Å². The molecule has 2 aromatic carbocycles. The van der Waals surface area contributed by atoms with Gasteiger partial charge in [0.15, 0.2) is 10.9 Å². The number of fused-ring (bicyclic) bond motifs is 3. The SMILES string of the molecule is Cc1ccc(C(=O)CSc2nc3c(sc4ncccc43)c(=O)n2C[C@H](C)c2ccccc2)c(C)c1. The predicted molar refractivity (Wildman–Crippen MR) is 145 cm³/mol. The highest BCUT2D eigenvalue weighted by Crippen LogP contribution is 2.31. The summed E-state index contributed by atoms with van der Waals surface area (Å²) < 4.78 is 2.33. The minimum absolute atomic E-state index is 0.0290. The maximum atomic E-state index is 13.7. The fourth-order valence-electron chi connectivity index (χ4n) is 4.31. The molecule has 0 aliphatic rings. The number of benzene rings is 2. The van der Waals surface area contributed by atoms with Gasteiger partial charge in [0.1, 0.15) is 9.53 Å². The van der Waals surface area contributed by atoms with E-state index >= 15 is 0 Å². The van der Waals surface area contributed by atoms with E-state index in [1.54, 1.807) is 10.8 Å². The predicted octanol–water partition coefficient (Wildman–Crippen LogP) is 6.40. The lowest BCUT2D eigenvalue weighted by Crippen LogP contribution is -2.25. The number of rotatable bonds is 7. The van der Waals surface area contributed by atoms with Crippen molar-refractivity contribution < 1.29 is 4.79 Å². The molecule has 3 aromatic heterocycles. The lowest BCUT2D eigenvalue weighted by atomic mass is 10.0. The Morgan fingerprint density at radius 2 is 1.89 bits per heavy atom. The third-order valence-electron chi connectivity index (χ3n) is 6.16. The lowest BCUT2D eigenvalue weighted by Gasteiger charge is -2.17. The normalized spacial score (nSPS) is 12.3. The molecule has 0 spiro atoms. The second-order valence-electron chi connectivity index (χ2n) is 8.79. The molecule has 3 heterocycles. The number of pyridine rings is 1. The van der Waals surface area contributed by atoms with Gasteiger partial charge in [-0.25, -0.2) is 9.97 Å². The van der Waals surface area contributed by atoms with Crippen LogP contribution in [0, 0.1) is 13.8 Å². The first-order chi connectivity index (χ1) is 16.9. The summed E-state index contributed by atoms with van der Waals surface area (Å²) in [6.45, 7) is 6.56. The Balaban J connectivity index is 1.55. The number of thioether (sulfide) groups is 1. The summed E-state index contributed by atoms with van der Waals surface area (Å²) in [5.41, 5.74) is 4.53. The van der Waals surface area contributed by atoms with Crippen molar-refractivity contribution in [2.45, 2.75) is 38.4 Å². The molecule has 0 unspecified atom stereocenters. The number of hydrogen-bond donors (Lipinski definition) is 0. The fraction of sp³-hybridized carbons (Fsp3) is 0.214. The van der Waals surface area contributed by atoms with Crippen LogP contribution in [-0.4, -0.2) is 26.1 Å². The van der Waals surface area contributed by atoms with Crippen LogP contribution < -0.4 is 5.56 Å². The molecule has 0 fully saturated rings. The summed E-state index contributed by atoms with van der Waals surface area (Å²) in [7, 11) is 0. The van der Waals surface area contributed by atoms with Gasteiger partial charge < -0.3 is 0 Å². The molecule has 5 nitrogen and oxygen atoms in total. The molecule has 5 aromatic rings. The molecule has 7 heteroatoms. The topological polar surface area (TPSA) is 64.8 Å². The van der Waals surface area contributed by atoms with Crippen molar-refractivity contribution in [1.82, 2.24) is 14.5 Å². The minimum Gasteiger partial charge on any atom is -0.293 e. The van der Waals surface area contributed by atoms with Crippen LogP contribution in [0.1, 0.15) is 39.9 Å². The highest BCUT2D eigenvalue weighted by molar-refractivity contribution is 7.99. The van der Waals surface area contributed by atoms with E-state index in [-0.39, 0.29) is 23.0 Å². The summed E-state index contributed by atoms with van der Waals surface area (Å²) in [5, 5.41) is 1.43. The first kappa shape index (κ1) is 23.5. The fourth-order valence-corrected chi connectivity index (χ4v) is 6.22. The lowest BCUT2D eigenvalue weighted by molar-refractivity contribution is 0.102. The minimum atomic E-state index is -0.0813. The van der Waals surface area contributed by atoms with E-state index in [1.807, 2.05) is 62.4 Å². The van der Waals surface area contributed by atoms with Crippen molar-refractivity contribution >= 4 is 49.3 Å². The van der Waals surface area contributed by atoms with Crippen LogP contribution >= 0.6 is 23.1 Å².